The Bertz CT molecular complexity index is 350. The van der Waals surface area contributed by atoms with Gasteiger partial charge in [0.25, 0.3) is 0 Å². The molecule has 1 fully saturated rings. The van der Waals surface area contributed by atoms with Crippen molar-refractivity contribution in [2.75, 3.05) is 26.2 Å². The predicted octanol–water partition coefficient (Wildman–Crippen LogP) is 0.539. The lowest BCUT2D eigenvalue weighted by molar-refractivity contribution is -0.143. The number of ether oxygens (including phenoxy) is 1. The third kappa shape index (κ3) is 4.17. The van der Waals surface area contributed by atoms with E-state index in [1.165, 1.54) is 0 Å². The van der Waals surface area contributed by atoms with Crippen LogP contribution in [0, 0.1) is 5.92 Å². The van der Waals surface area contributed by atoms with E-state index in [0.29, 0.717) is 19.1 Å². The summed E-state index contributed by atoms with van der Waals surface area (Å²) in [6.45, 7) is 3.63. The summed E-state index contributed by atoms with van der Waals surface area (Å²) >= 11 is 0. The van der Waals surface area contributed by atoms with Gasteiger partial charge in [-0.05, 0) is 11.5 Å². The molecule has 0 aliphatic carbocycles. The van der Waals surface area contributed by atoms with Crippen molar-refractivity contribution in [1.82, 2.24) is 10.6 Å². The summed E-state index contributed by atoms with van der Waals surface area (Å²) < 4.78 is 5.14. The average Bonchev–Trinajstić information content (AvgIpc) is 2.31. The molecule has 0 saturated carbocycles. The lowest BCUT2D eigenvalue weighted by atomic mass is 10.0. The van der Waals surface area contributed by atoms with Crippen molar-refractivity contribution in [1.29, 1.82) is 0 Å². The van der Waals surface area contributed by atoms with Gasteiger partial charge in [-0.25, -0.2) is 0 Å². The van der Waals surface area contributed by atoms with E-state index in [2.05, 4.69) is 10.6 Å². The second kappa shape index (κ2) is 6.37. The topological polar surface area (TPSA) is 50.4 Å². The first-order valence-corrected chi connectivity index (χ1v) is 5.95. The predicted molar refractivity (Wildman–Crippen MR) is 65.5 cm³/mol. The van der Waals surface area contributed by atoms with E-state index in [9.17, 15) is 4.79 Å². The van der Waals surface area contributed by atoms with Crippen LogP contribution < -0.4 is 10.6 Å². The Labute approximate surface area is 101 Å². The Morgan fingerprint density at radius 3 is 2.76 bits per heavy atom. The maximum atomic E-state index is 11.4. The van der Waals surface area contributed by atoms with E-state index in [1.54, 1.807) is 0 Å². The van der Waals surface area contributed by atoms with Crippen molar-refractivity contribution in [3.8, 4) is 0 Å². The van der Waals surface area contributed by atoms with E-state index in [0.717, 1.165) is 25.2 Å². The highest BCUT2D eigenvalue weighted by Gasteiger charge is 2.16. The maximum Gasteiger partial charge on any atom is 0.320 e. The van der Waals surface area contributed by atoms with Gasteiger partial charge < -0.3 is 15.4 Å². The molecular formula is C13H18N2O2. The second-order valence-electron chi connectivity index (χ2n) is 4.30. The number of esters is 1. The van der Waals surface area contributed by atoms with Crippen LogP contribution in [-0.4, -0.2) is 32.1 Å². The summed E-state index contributed by atoms with van der Waals surface area (Å²) in [5, 5.41) is 6.30. The molecule has 17 heavy (non-hydrogen) atoms. The Morgan fingerprint density at radius 2 is 2.12 bits per heavy atom. The minimum atomic E-state index is -0.193. The summed E-state index contributed by atoms with van der Waals surface area (Å²) in [5.74, 6) is 0.470. The molecule has 1 saturated heterocycles. The van der Waals surface area contributed by atoms with Gasteiger partial charge in [0.1, 0.15) is 6.61 Å². The van der Waals surface area contributed by atoms with Crippen LogP contribution >= 0.6 is 0 Å². The van der Waals surface area contributed by atoms with Gasteiger partial charge in [0.15, 0.2) is 0 Å². The first-order chi connectivity index (χ1) is 8.34. The minimum Gasteiger partial charge on any atom is -0.460 e. The van der Waals surface area contributed by atoms with E-state index in [1.807, 2.05) is 30.3 Å². The summed E-state index contributed by atoms with van der Waals surface area (Å²) in [4.78, 5) is 11.4. The van der Waals surface area contributed by atoms with Crippen LogP contribution in [0.2, 0.25) is 0 Å². The molecule has 0 spiro atoms. The number of hydrogen-bond donors (Lipinski definition) is 2. The summed E-state index contributed by atoms with van der Waals surface area (Å²) in [6, 6.07) is 9.71. The third-order valence-electron chi connectivity index (χ3n) is 2.81. The summed E-state index contributed by atoms with van der Waals surface area (Å²) in [6.07, 6.45) is 0. The van der Waals surface area contributed by atoms with Crippen molar-refractivity contribution >= 4 is 5.97 Å². The SMILES string of the molecule is O=C(CNCC1CNC1)OCc1ccccc1. The van der Waals surface area contributed by atoms with Gasteiger partial charge in [0.05, 0.1) is 6.54 Å². The van der Waals surface area contributed by atoms with Gasteiger partial charge in [0.2, 0.25) is 0 Å². The number of nitrogens with one attached hydrogen (secondary N) is 2. The van der Waals surface area contributed by atoms with Crippen molar-refractivity contribution < 1.29 is 9.53 Å². The number of hydrogen-bond acceptors (Lipinski definition) is 4. The zero-order chi connectivity index (χ0) is 11.9. The molecule has 0 unspecified atom stereocenters. The molecular weight excluding hydrogens is 216 g/mol. The largest absolute Gasteiger partial charge is 0.460 e. The molecule has 92 valence electrons. The van der Waals surface area contributed by atoms with Gasteiger partial charge in [0, 0.05) is 19.6 Å². The molecule has 1 aliphatic heterocycles. The molecule has 4 heteroatoms. The van der Waals surface area contributed by atoms with Crippen LogP contribution in [0.1, 0.15) is 5.56 Å². The lowest BCUT2D eigenvalue weighted by Crippen LogP contribution is -2.47. The highest BCUT2D eigenvalue weighted by Crippen LogP contribution is 2.01. The Morgan fingerprint density at radius 1 is 1.35 bits per heavy atom. The Balaban J connectivity index is 1.57. The standard InChI is InChI=1S/C13H18N2O2/c16-13(9-15-8-12-6-14-7-12)17-10-11-4-2-1-3-5-11/h1-5,12,14-15H,6-10H2. The van der Waals surface area contributed by atoms with Gasteiger partial charge in [-0.1, -0.05) is 30.3 Å². The quantitative estimate of drug-likeness (QED) is 0.705. The van der Waals surface area contributed by atoms with E-state index in [4.69, 9.17) is 4.74 Å². The van der Waals surface area contributed by atoms with Gasteiger partial charge in [-0.3, -0.25) is 4.79 Å². The molecule has 1 aromatic carbocycles. The first-order valence-electron chi connectivity index (χ1n) is 5.95. The van der Waals surface area contributed by atoms with E-state index in [-0.39, 0.29) is 5.97 Å². The smallest absolute Gasteiger partial charge is 0.320 e. The summed E-state index contributed by atoms with van der Waals surface area (Å²) in [5.41, 5.74) is 1.02. The fourth-order valence-corrected chi connectivity index (χ4v) is 1.66. The van der Waals surface area contributed by atoms with E-state index < -0.39 is 0 Å². The molecule has 0 amide bonds. The van der Waals surface area contributed by atoms with Crippen LogP contribution in [-0.2, 0) is 16.1 Å². The molecule has 4 nitrogen and oxygen atoms in total. The lowest BCUT2D eigenvalue weighted by Gasteiger charge is -2.26. The molecule has 0 bridgehead atoms. The molecule has 2 N–H and O–H groups in total. The number of carbonyl (C=O) groups is 1. The fourth-order valence-electron chi connectivity index (χ4n) is 1.66. The molecule has 0 aromatic heterocycles. The van der Waals surface area contributed by atoms with Crippen LogP contribution in [0.3, 0.4) is 0 Å². The molecule has 1 aromatic rings. The first kappa shape index (κ1) is 12.1. The molecule has 1 heterocycles. The van der Waals surface area contributed by atoms with Crippen LogP contribution in [0.5, 0.6) is 0 Å². The fraction of sp³-hybridized carbons (Fsp3) is 0.462. The highest BCUT2D eigenvalue weighted by molar-refractivity contribution is 5.71. The van der Waals surface area contributed by atoms with E-state index >= 15 is 0 Å². The number of carbonyl (C=O) groups excluding carboxylic acids is 1. The minimum absolute atomic E-state index is 0.193. The van der Waals surface area contributed by atoms with Gasteiger partial charge >= 0.3 is 5.97 Å². The van der Waals surface area contributed by atoms with Crippen molar-refractivity contribution in [3.63, 3.8) is 0 Å². The van der Waals surface area contributed by atoms with Gasteiger partial charge in [-0.15, -0.1) is 0 Å². The third-order valence-corrected chi connectivity index (χ3v) is 2.81. The monoisotopic (exact) mass is 234 g/mol. The Kier molecular flexibility index (Phi) is 4.53. The van der Waals surface area contributed by atoms with Crippen molar-refractivity contribution in [2.45, 2.75) is 6.61 Å². The van der Waals surface area contributed by atoms with Crippen molar-refractivity contribution in [2.24, 2.45) is 5.92 Å². The molecule has 1 aliphatic rings. The zero-order valence-electron chi connectivity index (χ0n) is 9.82. The maximum absolute atomic E-state index is 11.4. The van der Waals surface area contributed by atoms with Crippen LogP contribution in [0.25, 0.3) is 0 Å². The summed E-state index contributed by atoms with van der Waals surface area (Å²) in [7, 11) is 0. The second-order valence-corrected chi connectivity index (χ2v) is 4.30. The number of benzene rings is 1. The van der Waals surface area contributed by atoms with Crippen LogP contribution in [0.15, 0.2) is 30.3 Å². The Hall–Kier alpha value is -1.39. The normalized spacial score (nSPS) is 15.3. The van der Waals surface area contributed by atoms with Gasteiger partial charge in [-0.2, -0.15) is 0 Å². The zero-order valence-corrected chi connectivity index (χ0v) is 9.82. The van der Waals surface area contributed by atoms with Crippen LogP contribution in [0.4, 0.5) is 0 Å². The number of rotatable bonds is 6. The van der Waals surface area contributed by atoms with Crippen molar-refractivity contribution in [3.05, 3.63) is 35.9 Å². The molecule has 0 radical (unpaired) electrons. The highest BCUT2D eigenvalue weighted by atomic mass is 16.5. The molecule has 2 rings (SSSR count). The average molecular weight is 234 g/mol. The molecule has 0 atom stereocenters.